The maximum atomic E-state index is 12.8. The van der Waals surface area contributed by atoms with Crippen LogP contribution in [-0.2, 0) is 4.79 Å². The standard InChI is InChI=1S/C21H24N4OS2/c1-13-14(2)22-21(23-15(13)3)27-12-19(26)25-10-6-7-16(11-25)20-24-17-8-4-5-9-18(17)28-20/h4-5,8-9,16H,6-7,10-12H2,1-3H3/t16-/m0/s1. The predicted molar refractivity (Wildman–Crippen MR) is 115 cm³/mol. The second-order valence-corrected chi connectivity index (χ2v) is 9.29. The minimum absolute atomic E-state index is 0.162. The molecule has 1 saturated heterocycles. The Bertz CT molecular complexity index is 961. The summed E-state index contributed by atoms with van der Waals surface area (Å²) in [6.45, 7) is 7.59. The third-order valence-electron chi connectivity index (χ3n) is 5.37. The summed E-state index contributed by atoms with van der Waals surface area (Å²) >= 11 is 3.19. The third kappa shape index (κ3) is 4.05. The highest BCUT2D eigenvalue weighted by molar-refractivity contribution is 7.99. The molecule has 1 fully saturated rings. The van der Waals surface area contributed by atoms with Crippen molar-refractivity contribution in [3.05, 3.63) is 46.2 Å². The van der Waals surface area contributed by atoms with E-state index in [4.69, 9.17) is 4.98 Å². The van der Waals surface area contributed by atoms with Gasteiger partial charge in [-0.05, 0) is 51.3 Å². The minimum Gasteiger partial charge on any atom is -0.341 e. The molecule has 0 unspecified atom stereocenters. The summed E-state index contributed by atoms with van der Waals surface area (Å²) in [5.74, 6) is 0.879. The summed E-state index contributed by atoms with van der Waals surface area (Å²) < 4.78 is 1.22. The quantitative estimate of drug-likeness (QED) is 0.466. The number of amides is 1. The average Bonchev–Trinajstić information content (AvgIpc) is 3.14. The second-order valence-electron chi connectivity index (χ2n) is 7.29. The number of aryl methyl sites for hydroxylation is 2. The number of carbonyl (C=O) groups excluding carboxylic acids is 1. The largest absolute Gasteiger partial charge is 0.341 e. The number of carbonyl (C=O) groups is 1. The molecule has 0 radical (unpaired) electrons. The molecule has 0 saturated carbocycles. The van der Waals surface area contributed by atoms with Crippen molar-refractivity contribution in [2.45, 2.75) is 44.7 Å². The number of hydrogen-bond acceptors (Lipinski definition) is 6. The molecular weight excluding hydrogens is 388 g/mol. The van der Waals surface area contributed by atoms with Gasteiger partial charge in [-0.2, -0.15) is 0 Å². The number of benzene rings is 1. The number of aromatic nitrogens is 3. The van der Waals surface area contributed by atoms with Crippen LogP contribution >= 0.6 is 23.1 Å². The number of fused-ring (bicyclic) bond motifs is 1. The van der Waals surface area contributed by atoms with E-state index in [1.807, 2.05) is 31.7 Å². The summed E-state index contributed by atoms with van der Waals surface area (Å²) in [5.41, 5.74) is 4.14. The van der Waals surface area contributed by atoms with Gasteiger partial charge in [0.1, 0.15) is 0 Å². The lowest BCUT2D eigenvalue weighted by Gasteiger charge is -2.31. The van der Waals surface area contributed by atoms with E-state index in [1.54, 1.807) is 11.3 Å². The van der Waals surface area contributed by atoms with Gasteiger partial charge in [-0.15, -0.1) is 11.3 Å². The highest BCUT2D eigenvalue weighted by Crippen LogP contribution is 2.33. The smallest absolute Gasteiger partial charge is 0.233 e. The fourth-order valence-corrected chi connectivity index (χ4v) is 5.42. The fraction of sp³-hybridized carbons (Fsp3) is 0.429. The van der Waals surface area contributed by atoms with Crippen LogP contribution in [0.2, 0.25) is 0 Å². The lowest BCUT2D eigenvalue weighted by Crippen LogP contribution is -2.40. The summed E-state index contributed by atoms with van der Waals surface area (Å²) in [5, 5.41) is 1.84. The minimum atomic E-state index is 0.162. The molecule has 28 heavy (non-hydrogen) atoms. The number of piperidine rings is 1. The van der Waals surface area contributed by atoms with E-state index < -0.39 is 0 Å². The molecule has 2 aromatic heterocycles. The average molecular weight is 413 g/mol. The normalized spacial score (nSPS) is 17.2. The summed E-state index contributed by atoms with van der Waals surface area (Å²) in [6.07, 6.45) is 2.12. The van der Waals surface area contributed by atoms with Crippen LogP contribution in [-0.4, -0.2) is 44.6 Å². The summed E-state index contributed by atoms with van der Waals surface area (Å²) in [4.78, 5) is 28.6. The first-order valence-electron chi connectivity index (χ1n) is 9.59. The lowest BCUT2D eigenvalue weighted by molar-refractivity contribution is -0.129. The number of thioether (sulfide) groups is 1. The Morgan fingerprint density at radius 1 is 1.18 bits per heavy atom. The van der Waals surface area contributed by atoms with Gasteiger partial charge in [0.2, 0.25) is 5.91 Å². The van der Waals surface area contributed by atoms with Gasteiger partial charge in [-0.3, -0.25) is 4.79 Å². The van der Waals surface area contributed by atoms with Gasteiger partial charge in [0.15, 0.2) is 5.16 Å². The SMILES string of the molecule is Cc1nc(SCC(=O)N2CCC[C@H](c3nc4ccccc4s3)C2)nc(C)c1C. The summed E-state index contributed by atoms with van der Waals surface area (Å²) in [7, 11) is 0. The highest BCUT2D eigenvalue weighted by atomic mass is 32.2. The lowest BCUT2D eigenvalue weighted by atomic mass is 9.99. The Kier molecular flexibility index (Phi) is 5.64. The number of thiazole rings is 1. The van der Waals surface area contributed by atoms with Crippen molar-refractivity contribution < 1.29 is 4.79 Å². The van der Waals surface area contributed by atoms with E-state index in [2.05, 4.69) is 28.2 Å². The predicted octanol–water partition coefficient (Wildman–Crippen LogP) is 4.51. The molecule has 7 heteroatoms. The molecule has 3 aromatic rings. The highest BCUT2D eigenvalue weighted by Gasteiger charge is 2.27. The van der Waals surface area contributed by atoms with Crippen LogP contribution in [0.15, 0.2) is 29.4 Å². The first kappa shape index (κ1) is 19.3. The maximum Gasteiger partial charge on any atom is 0.233 e. The first-order chi connectivity index (χ1) is 13.5. The molecule has 146 valence electrons. The topological polar surface area (TPSA) is 59.0 Å². The molecule has 0 N–H and O–H groups in total. The molecule has 0 aliphatic carbocycles. The molecule has 1 aliphatic heterocycles. The van der Waals surface area contributed by atoms with Gasteiger partial charge in [-0.1, -0.05) is 23.9 Å². The molecule has 1 atom stereocenters. The van der Waals surface area contributed by atoms with Crippen molar-refractivity contribution in [3.8, 4) is 0 Å². The molecule has 1 aliphatic rings. The van der Waals surface area contributed by atoms with E-state index in [9.17, 15) is 4.79 Å². The molecule has 4 rings (SSSR count). The van der Waals surface area contributed by atoms with Crippen LogP contribution in [0.3, 0.4) is 0 Å². The third-order valence-corrected chi connectivity index (χ3v) is 7.40. The number of rotatable bonds is 4. The number of likely N-dealkylation sites (tertiary alicyclic amines) is 1. The Labute approximate surface area is 173 Å². The molecule has 0 spiro atoms. The van der Waals surface area contributed by atoms with Crippen molar-refractivity contribution in [1.82, 2.24) is 19.9 Å². The van der Waals surface area contributed by atoms with Gasteiger partial charge < -0.3 is 4.90 Å². The zero-order valence-corrected chi connectivity index (χ0v) is 18.1. The van der Waals surface area contributed by atoms with Gasteiger partial charge in [0.05, 0.1) is 21.0 Å². The van der Waals surface area contributed by atoms with Crippen molar-refractivity contribution in [2.75, 3.05) is 18.8 Å². The van der Waals surface area contributed by atoms with Gasteiger partial charge in [0.25, 0.3) is 0 Å². The second kappa shape index (κ2) is 8.17. The molecule has 1 aromatic carbocycles. The van der Waals surface area contributed by atoms with Crippen molar-refractivity contribution >= 4 is 39.2 Å². The zero-order valence-electron chi connectivity index (χ0n) is 16.4. The first-order valence-corrected chi connectivity index (χ1v) is 11.4. The molecule has 0 bridgehead atoms. The molecular formula is C21H24N4OS2. The Hall–Kier alpha value is -1.99. The number of hydrogen-bond donors (Lipinski definition) is 0. The van der Waals surface area contributed by atoms with Crippen LogP contribution in [0.1, 0.15) is 40.7 Å². The maximum absolute atomic E-state index is 12.8. The Morgan fingerprint density at radius 3 is 2.68 bits per heavy atom. The van der Waals surface area contributed by atoms with Crippen molar-refractivity contribution in [2.24, 2.45) is 0 Å². The van der Waals surface area contributed by atoms with E-state index in [0.717, 1.165) is 53.4 Å². The van der Waals surface area contributed by atoms with Crippen LogP contribution in [0, 0.1) is 20.8 Å². The van der Waals surface area contributed by atoms with Gasteiger partial charge >= 0.3 is 0 Å². The zero-order chi connectivity index (χ0) is 19.7. The molecule has 1 amide bonds. The Morgan fingerprint density at radius 2 is 1.93 bits per heavy atom. The fourth-order valence-electron chi connectivity index (χ4n) is 3.49. The van der Waals surface area contributed by atoms with E-state index in [0.29, 0.717) is 16.8 Å². The van der Waals surface area contributed by atoms with E-state index in [-0.39, 0.29) is 5.91 Å². The van der Waals surface area contributed by atoms with Crippen LogP contribution < -0.4 is 0 Å². The van der Waals surface area contributed by atoms with Gasteiger partial charge in [-0.25, -0.2) is 15.0 Å². The monoisotopic (exact) mass is 412 g/mol. The van der Waals surface area contributed by atoms with Crippen molar-refractivity contribution in [1.29, 1.82) is 0 Å². The van der Waals surface area contributed by atoms with Crippen LogP contribution in [0.5, 0.6) is 0 Å². The van der Waals surface area contributed by atoms with Gasteiger partial charge in [0, 0.05) is 30.4 Å². The molecule has 5 nitrogen and oxygen atoms in total. The van der Waals surface area contributed by atoms with Crippen LogP contribution in [0.25, 0.3) is 10.2 Å². The van der Waals surface area contributed by atoms with Crippen molar-refractivity contribution in [3.63, 3.8) is 0 Å². The number of nitrogens with zero attached hydrogens (tertiary/aromatic N) is 4. The van der Waals surface area contributed by atoms with E-state index >= 15 is 0 Å². The summed E-state index contributed by atoms with van der Waals surface area (Å²) in [6, 6.07) is 8.25. The van der Waals surface area contributed by atoms with E-state index in [1.165, 1.54) is 16.5 Å². The number of para-hydroxylation sites is 1. The van der Waals surface area contributed by atoms with Crippen LogP contribution in [0.4, 0.5) is 0 Å². The Balaban J connectivity index is 1.40. The molecule has 3 heterocycles.